The highest BCUT2D eigenvalue weighted by Crippen LogP contribution is 2.33. The Morgan fingerprint density at radius 2 is 2.38 bits per heavy atom. The van der Waals surface area contributed by atoms with Crippen molar-refractivity contribution in [1.82, 2.24) is 5.32 Å². The van der Waals surface area contributed by atoms with Crippen molar-refractivity contribution in [2.45, 2.75) is 32.2 Å². The van der Waals surface area contributed by atoms with Gasteiger partial charge in [0.25, 0.3) is 0 Å². The Labute approximate surface area is 98.8 Å². The molecule has 0 aliphatic heterocycles. The summed E-state index contributed by atoms with van der Waals surface area (Å²) in [6, 6.07) is 1.65. The molecule has 1 N–H and O–H groups in total. The van der Waals surface area contributed by atoms with E-state index >= 15 is 0 Å². The fourth-order valence-corrected chi connectivity index (χ4v) is 2.44. The minimum Gasteiger partial charge on any atom is -0.313 e. The molecule has 0 radical (unpaired) electrons. The third kappa shape index (κ3) is 3.57. The van der Waals surface area contributed by atoms with Crippen LogP contribution in [-0.2, 0) is 6.54 Å². The van der Waals surface area contributed by atoms with E-state index in [4.69, 9.17) is 0 Å². The van der Waals surface area contributed by atoms with E-state index in [9.17, 15) is 10.1 Å². The van der Waals surface area contributed by atoms with E-state index < -0.39 is 0 Å². The molecule has 1 fully saturated rings. The minimum absolute atomic E-state index is 0.231. The highest BCUT2D eigenvalue weighted by molar-refractivity contribution is 7.13. The maximum atomic E-state index is 10.5. The third-order valence-electron chi connectivity index (χ3n) is 2.81. The lowest BCUT2D eigenvalue weighted by atomic mass is 10.2. The van der Waals surface area contributed by atoms with Gasteiger partial charge in [-0.25, -0.2) is 0 Å². The Kier molecular flexibility index (Phi) is 3.90. The largest absolute Gasteiger partial charge is 0.324 e. The summed E-state index contributed by atoms with van der Waals surface area (Å²) in [5.74, 6) is 0.990. The molecular formula is C11H16N2O2S. The number of rotatable bonds is 7. The summed E-state index contributed by atoms with van der Waals surface area (Å²) in [6.07, 6.45) is 5.38. The number of thiophene rings is 1. The zero-order chi connectivity index (χ0) is 11.4. The summed E-state index contributed by atoms with van der Waals surface area (Å²) in [4.78, 5) is 10.1. The van der Waals surface area contributed by atoms with E-state index in [2.05, 4.69) is 5.32 Å². The standard InChI is InChI=1S/C11H16N2O2S/c14-13(15)11-6-10(8-16-11)7-12-5-1-2-9-3-4-9/h6,8-9,12H,1-5,7H2. The monoisotopic (exact) mass is 240 g/mol. The van der Waals surface area contributed by atoms with Gasteiger partial charge in [0.05, 0.1) is 4.92 Å². The van der Waals surface area contributed by atoms with E-state index in [1.165, 1.54) is 37.0 Å². The van der Waals surface area contributed by atoms with Crippen LogP contribution in [0.15, 0.2) is 11.4 Å². The molecule has 1 aromatic heterocycles. The maximum Gasteiger partial charge on any atom is 0.324 e. The van der Waals surface area contributed by atoms with E-state index in [0.29, 0.717) is 0 Å². The second-order valence-electron chi connectivity index (χ2n) is 4.31. The van der Waals surface area contributed by atoms with E-state index in [1.807, 2.05) is 5.38 Å². The van der Waals surface area contributed by atoms with Gasteiger partial charge in [0.2, 0.25) is 0 Å². The van der Waals surface area contributed by atoms with Crippen molar-refractivity contribution in [2.75, 3.05) is 6.54 Å². The summed E-state index contributed by atoms with van der Waals surface area (Å²) >= 11 is 1.20. The SMILES string of the molecule is O=[N+]([O-])c1cc(CNCCCC2CC2)cs1. The quantitative estimate of drug-likeness (QED) is 0.453. The molecule has 0 spiro atoms. The van der Waals surface area contributed by atoms with Crippen molar-refractivity contribution in [2.24, 2.45) is 5.92 Å². The molecule has 1 aromatic rings. The predicted molar refractivity (Wildman–Crippen MR) is 64.6 cm³/mol. The van der Waals surface area contributed by atoms with Gasteiger partial charge in [-0.15, -0.1) is 0 Å². The molecule has 0 saturated heterocycles. The molecule has 2 rings (SSSR count). The van der Waals surface area contributed by atoms with Crippen LogP contribution >= 0.6 is 11.3 Å². The molecule has 0 bridgehead atoms. The fourth-order valence-electron chi connectivity index (χ4n) is 1.71. The Hall–Kier alpha value is -0.940. The maximum absolute atomic E-state index is 10.5. The van der Waals surface area contributed by atoms with Gasteiger partial charge in [0.1, 0.15) is 0 Å². The van der Waals surface area contributed by atoms with Crippen LogP contribution in [0.1, 0.15) is 31.2 Å². The molecular weight excluding hydrogens is 224 g/mol. The Morgan fingerprint density at radius 3 is 3.00 bits per heavy atom. The summed E-state index contributed by atoms with van der Waals surface area (Å²) in [5, 5.41) is 15.9. The molecule has 0 amide bonds. The molecule has 0 unspecified atom stereocenters. The zero-order valence-electron chi connectivity index (χ0n) is 9.15. The Bertz CT molecular complexity index is 361. The molecule has 88 valence electrons. The van der Waals surface area contributed by atoms with Crippen LogP contribution in [-0.4, -0.2) is 11.5 Å². The summed E-state index contributed by atoms with van der Waals surface area (Å²) in [6.45, 7) is 1.76. The zero-order valence-corrected chi connectivity index (χ0v) is 9.96. The average Bonchev–Trinajstić information content (AvgIpc) is 2.94. The Balaban J connectivity index is 1.62. The first-order valence-corrected chi connectivity index (χ1v) is 6.56. The van der Waals surface area contributed by atoms with Gasteiger partial charge in [-0.2, -0.15) is 0 Å². The fraction of sp³-hybridized carbons (Fsp3) is 0.636. The van der Waals surface area contributed by atoms with Crippen molar-refractivity contribution in [3.8, 4) is 0 Å². The van der Waals surface area contributed by atoms with Crippen molar-refractivity contribution in [1.29, 1.82) is 0 Å². The van der Waals surface area contributed by atoms with Gasteiger partial charge in [-0.1, -0.05) is 24.2 Å². The normalized spacial score (nSPS) is 15.2. The third-order valence-corrected chi connectivity index (χ3v) is 3.74. The molecule has 0 aromatic carbocycles. The summed E-state index contributed by atoms with van der Waals surface area (Å²) < 4.78 is 0. The number of hydrogen-bond donors (Lipinski definition) is 1. The van der Waals surface area contributed by atoms with Crippen LogP contribution in [0, 0.1) is 16.0 Å². The molecule has 5 heteroatoms. The van der Waals surface area contributed by atoms with Gasteiger partial charge < -0.3 is 5.32 Å². The van der Waals surface area contributed by atoms with Crippen LogP contribution in [0.4, 0.5) is 5.00 Å². The molecule has 4 nitrogen and oxygen atoms in total. The van der Waals surface area contributed by atoms with Crippen LogP contribution in [0.25, 0.3) is 0 Å². The summed E-state index contributed by atoms with van der Waals surface area (Å²) in [7, 11) is 0. The van der Waals surface area contributed by atoms with Crippen molar-refractivity contribution >= 4 is 16.3 Å². The Morgan fingerprint density at radius 1 is 1.56 bits per heavy atom. The number of nitro groups is 1. The summed E-state index contributed by atoms with van der Waals surface area (Å²) in [5.41, 5.74) is 1.02. The second-order valence-corrected chi connectivity index (χ2v) is 5.20. The first-order valence-electron chi connectivity index (χ1n) is 5.68. The minimum atomic E-state index is -0.332. The first-order chi connectivity index (χ1) is 7.75. The van der Waals surface area contributed by atoms with Gasteiger partial charge in [-0.3, -0.25) is 10.1 Å². The number of nitrogens with one attached hydrogen (secondary N) is 1. The van der Waals surface area contributed by atoms with Gasteiger partial charge in [0, 0.05) is 18.0 Å². The van der Waals surface area contributed by atoms with Crippen LogP contribution in [0.5, 0.6) is 0 Å². The van der Waals surface area contributed by atoms with Gasteiger partial charge in [0.15, 0.2) is 0 Å². The molecule has 1 aliphatic rings. The van der Waals surface area contributed by atoms with Crippen molar-refractivity contribution in [3.63, 3.8) is 0 Å². The molecule has 1 aliphatic carbocycles. The van der Waals surface area contributed by atoms with E-state index in [1.54, 1.807) is 6.07 Å². The van der Waals surface area contributed by atoms with E-state index in [0.717, 1.165) is 24.6 Å². The lowest BCUT2D eigenvalue weighted by Gasteiger charge is -2.01. The predicted octanol–water partition coefficient (Wildman–Crippen LogP) is 2.94. The lowest BCUT2D eigenvalue weighted by Crippen LogP contribution is -2.14. The molecule has 1 saturated carbocycles. The topological polar surface area (TPSA) is 55.2 Å². The molecule has 1 heterocycles. The van der Waals surface area contributed by atoms with Crippen LogP contribution < -0.4 is 5.32 Å². The van der Waals surface area contributed by atoms with E-state index in [-0.39, 0.29) is 9.92 Å². The van der Waals surface area contributed by atoms with Gasteiger partial charge in [-0.05, 0) is 30.9 Å². The second kappa shape index (κ2) is 5.41. The number of nitrogens with zero attached hydrogens (tertiary/aromatic N) is 1. The highest BCUT2D eigenvalue weighted by Gasteiger charge is 2.19. The lowest BCUT2D eigenvalue weighted by molar-refractivity contribution is -0.380. The molecule has 16 heavy (non-hydrogen) atoms. The van der Waals surface area contributed by atoms with Crippen molar-refractivity contribution in [3.05, 3.63) is 27.1 Å². The van der Waals surface area contributed by atoms with Crippen LogP contribution in [0.3, 0.4) is 0 Å². The first kappa shape index (κ1) is 11.5. The number of hydrogen-bond acceptors (Lipinski definition) is 4. The smallest absolute Gasteiger partial charge is 0.313 e. The average molecular weight is 240 g/mol. The van der Waals surface area contributed by atoms with Crippen LogP contribution in [0.2, 0.25) is 0 Å². The van der Waals surface area contributed by atoms with Gasteiger partial charge >= 0.3 is 5.00 Å². The van der Waals surface area contributed by atoms with Crippen molar-refractivity contribution < 1.29 is 4.92 Å². The molecule has 0 atom stereocenters. The highest BCUT2D eigenvalue weighted by atomic mass is 32.1.